The van der Waals surface area contributed by atoms with Gasteiger partial charge in [0.05, 0.1) is 18.2 Å². The fourth-order valence-electron chi connectivity index (χ4n) is 5.12. The van der Waals surface area contributed by atoms with Crippen LogP contribution in [0, 0.1) is 12.7 Å². The molecule has 2 amide bonds. The van der Waals surface area contributed by atoms with Gasteiger partial charge in [0.25, 0.3) is 5.91 Å². The average Bonchev–Trinajstić information content (AvgIpc) is 3.23. The lowest BCUT2D eigenvalue weighted by molar-refractivity contribution is -0.135. The molecule has 1 saturated heterocycles. The van der Waals surface area contributed by atoms with E-state index < -0.39 is 0 Å². The Morgan fingerprint density at radius 2 is 2.10 bits per heavy atom. The second-order valence-corrected chi connectivity index (χ2v) is 8.87. The number of amides is 2. The summed E-state index contributed by atoms with van der Waals surface area (Å²) >= 11 is 0. The summed E-state index contributed by atoms with van der Waals surface area (Å²) in [5, 5.41) is 13.3. The third-order valence-corrected chi connectivity index (χ3v) is 6.82. The van der Waals surface area contributed by atoms with Crippen LogP contribution in [0.5, 0.6) is 0 Å². The summed E-state index contributed by atoms with van der Waals surface area (Å²) < 4.78 is 14.1. The topological polar surface area (TPSA) is 88.7 Å². The number of H-pyrrole nitrogens is 1. The number of carbonyl (C=O) groups is 2. The predicted molar refractivity (Wildman–Crippen MR) is 116 cm³/mol. The van der Waals surface area contributed by atoms with Crippen LogP contribution >= 0.6 is 0 Å². The smallest absolute Gasteiger partial charge is 0.267 e. The van der Waals surface area contributed by atoms with Crippen molar-refractivity contribution in [3.8, 4) is 0 Å². The van der Waals surface area contributed by atoms with Gasteiger partial charge in [0.15, 0.2) is 0 Å². The molecule has 1 unspecified atom stereocenters. The van der Waals surface area contributed by atoms with Gasteiger partial charge in [0, 0.05) is 44.0 Å². The number of aromatic nitrogens is 1. The van der Waals surface area contributed by atoms with Crippen molar-refractivity contribution in [1.29, 1.82) is 0 Å². The Labute approximate surface area is 181 Å². The maximum atomic E-state index is 14.1. The minimum Gasteiger partial charge on any atom is -0.394 e. The first-order valence-corrected chi connectivity index (χ1v) is 11.1. The average molecular weight is 431 g/mol. The number of fused-ring (bicyclic) bond motifs is 1. The number of hydrogen-bond donors (Lipinski definition) is 3. The highest BCUT2D eigenvalue weighted by molar-refractivity contribution is 5.99. The first-order chi connectivity index (χ1) is 14.9. The van der Waals surface area contributed by atoms with Crippen LogP contribution in [-0.4, -0.2) is 76.1 Å². The standard InChI is InChI=1S/C23H31FN4O3/c1-14-6-7-20(24)19-11-21(26-22(14)19)23(31)25-16-4-3-5-17(10-16)27-8-9-28(15(2)30)18(12-27)13-29/h6-7,11,16-18,26,29H,3-5,8-10,12-13H2,1-2H3,(H,25,31)/t16-,17-,18?/m1/s1. The fraction of sp³-hybridized carbons (Fsp3) is 0.565. The highest BCUT2D eigenvalue weighted by atomic mass is 19.1. The number of hydrogen-bond acceptors (Lipinski definition) is 4. The second-order valence-electron chi connectivity index (χ2n) is 8.87. The molecule has 1 aromatic carbocycles. The molecule has 1 saturated carbocycles. The van der Waals surface area contributed by atoms with E-state index in [-0.39, 0.29) is 36.3 Å². The third kappa shape index (κ3) is 4.45. The van der Waals surface area contributed by atoms with E-state index in [1.54, 1.807) is 24.0 Å². The van der Waals surface area contributed by atoms with Gasteiger partial charge in [-0.1, -0.05) is 6.07 Å². The molecular formula is C23H31FN4O3. The number of piperazine rings is 1. The Bertz CT molecular complexity index is 936. The molecule has 3 N–H and O–H groups in total. The molecule has 2 heterocycles. The monoisotopic (exact) mass is 430 g/mol. The summed E-state index contributed by atoms with van der Waals surface area (Å²) in [6.07, 6.45) is 3.79. The molecule has 1 aliphatic heterocycles. The summed E-state index contributed by atoms with van der Waals surface area (Å²) in [6.45, 7) is 5.44. The van der Waals surface area contributed by atoms with Crippen LogP contribution in [0.25, 0.3) is 10.9 Å². The molecule has 31 heavy (non-hydrogen) atoms. The summed E-state index contributed by atoms with van der Waals surface area (Å²) in [6, 6.07) is 4.88. The number of benzene rings is 1. The van der Waals surface area contributed by atoms with Gasteiger partial charge in [-0.25, -0.2) is 4.39 Å². The molecule has 168 valence electrons. The lowest BCUT2D eigenvalue weighted by atomic mass is 9.89. The van der Waals surface area contributed by atoms with Gasteiger partial charge in [-0.2, -0.15) is 0 Å². The fourth-order valence-corrected chi connectivity index (χ4v) is 5.12. The van der Waals surface area contributed by atoms with Crippen LogP contribution in [0.2, 0.25) is 0 Å². The van der Waals surface area contributed by atoms with E-state index in [1.807, 2.05) is 6.92 Å². The number of aliphatic hydroxyl groups excluding tert-OH is 1. The zero-order valence-electron chi connectivity index (χ0n) is 18.2. The van der Waals surface area contributed by atoms with Crippen molar-refractivity contribution in [2.75, 3.05) is 26.2 Å². The molecule has 0 spiro atoms. The van der Waals surface area contributed by atoms with Gasteiger partial charge in [-0.05, 0) is 50.3 Å². The Hall–Kier alpha value is -2.45. The van der Waals surface area contributed by atoms with Gasteiger partial charge >= 0.3 is 0 Å². The zero-order valence-corrected chi connectivity index (χ0v) is 18.2. The van der Waals surface area contributed by atoms with Crippen LogP contribution in [0.15, 0.2) is 18.2 Å². The number of carbonyl (C=O) groups excluding carboxylic acids is 2. The van der Waals surface area contributed by atoms with Crippen molar-refractivity contribution in [3.63, 3.8) is 0 Å². The predicted octanol–water partition coefficient (Wildman–Crippen LogP) is 2.18. The Balaban J connectivity index is 1.40. The number of aliphatic hydroxyl groups is 1. The summed E-state index contributed by atoms with van der Waals surface area (Å²) in [4.78, 5) is 31.8. The van der Waals surface area contributed by atoms with E-state index in [9.17, 15) is 19.1 Å². The number of aromatic amines is 1. The molecule has 4 rings (SSSR count). The van der Waals surface area contributed by atoms with Crippen molar-refractivity contribution in [3.05, 3.63) is 35.3 Å². The minimum absolute atomic E-state index is 0.00232. The highest BCUT2D eigenvalue weighted by Gasteiger charge is 2.34. The van der Waals surface area contributed by atoms with E-state index in [2.05, 4.69) is 15.2 Å². The highest BCUT2D eigenvalue weighted by Crippen LogP contribution is 2.27. The minimum atomic E-state index is -0.336. The van der Waals surface area contributed by atoms with Crippen molar-refractivity contribution < 1.29 is 19.1 Å². The third-order valence-electron chi connectivity index (χ3n) is 6.82. The van der Waals surface area contributed by atoms with Crippen LogP contribution in [0.3, 0.4) is 0 Å². The van der Waals surface area contributed by atoms with Crippen LogP contribution in [0.4, 0.5) is 4.39 Å². The van der Waals surface area contributed by atoms with Crippen molar-refractivity contribution >= 4 is 22.7 Å². The number of aryl methyl sites for hydroxylation is 1. The molecule has 1 aromatic heterocycles. The molecule has 1 aliphatic carbocycles. The van der Waals surface area contributed by atoms with E-state index in [0.29, 0.717) is 35.7 Å². The quantitative estimate of drug-likeness (QED) is 0.694. The Morgan fingerprint density at radius 1 is 1.29 bits per heavy atom. The lowest BCUT2D eigenvalue weighted by Gasteiger charge is -2.45. The molecule has 8 heteroatoms. The summed E-state index contributed by atoms with van der Waals surface area (Å²) in [5.41, 5.74) is 1.93. The van der Waals surface area contributed by atoms with E-state index in [1.165, 1.54) is 6.07 Å². The molecule has 3 atom stereocenters. The first kappa shape index (κ1) is 21.8. The van der Waals surface area contributed by atoms with Gasteiger partial charge in [-0.3, -0.25) is 14.5 Å². The van der Waals surface area contributed by atoms with Gasteiger partial charge in [0.2, 0.25) is 5.91 Å². The zero-order chi connectivity index (χ0) is 22.1. The number of halogens is 1. The molecule has 2 fully saturated rings. The second kappa shape index (κ2) is 8.96. The van der Waals surface area contributed by atoms with Gasteiger partial charge < -0.3 is 20.3 Å². The Kier molecular flexibility index (Phi) is 6.29. The first-order valence-electron chi connectivity index (χ1n) is 11.1. The number of nitrogens with zero attached hydrogens (tertiary/aromatic N) is 2. The van der Waals surface area contributed by atoms with E-state index in [4.69, 9.17) is 0 Å². The van der Waals surface area contributed by atoms with Crippen LogP contribution in [-0.2, 0) is 4.79 Å². The van der Waals surface area contributed by atoms with Crippen LogP contribution < -0.4 is 5.32 Å². The summed E-state index contributed by atoms with van der Waals surface area (Å²) in [5.74, 6) is -0.551. The number of nitrogens with one attached hydrogen (secondary N) is 2. The molecule has 7 nitrogen and oxygen atoms in total. The normalized spacial score (nSPS) is 25.0. The number of rotatable bonds is 4. The van der Waals surface area contributed by atoms with Crippen molar-refractivity contribution in [1.82, 2.24) is 20.1 Å². The molecule has 0 radical (unpaired) electrons. The van der Waals surface area contributed by atoms with Crippen molar-refractivity contribution in [2.24, 2.45) is 0 Å². The van der Waals surface area contributed by atoms with Crippen LogP contribution in [0.1, 0.15) is 48.7 Å². The van der Waals surface area contributed by atoms with Gasteiger partial charge in [0.1, 0.15) is 11.5 Å². The molecule has 2 aliphatic rings. The largest absolute Gasteiger partial charge is 0.394 e. The van der Waals surface area contributed by atoms with E-state index >= 15 is 0 Å². The maximum absolute atomic E-state index is 14.1. The molecule has 0 bridgehead atoms. The molecule has 2 aromatic rings. The Morgan fingerprint density at radius 3 is 2.81 bits per heavy atom. The maximum Gasteiger partial charge on any atom is 0.267 e. The van der Waals surface area contributed by atoms with Crippen molar-refractivity contribution in [2.45, 2.75) is 57.7 Å². The SMILES string of the molecule is CC(=O)N1CCN([C@@H]2CCC[C@@H](NC(=O)c3cc4c(F)ccc(C)c4[nH]3)C2)CC1CO. The van der Waals surface area contributed by atoms with E-state index in [0.717, 1.165) is 37.8 Å². The molecular weight excluding hydrogens is 399 g/mol. The lowest BCUT2D eigenvalue weighted by Crippen LogP contribution is -2.59. The van der Waals surface area contributed by atoms with Gasteiger partial charge in [-0.15, -0.1) is 0 Å². The summed E-state index contributed by atoms with van der Waals surface area (Å²) in [7, 11) is 0.